The molecule has 0 rings (SSSR count). The molecule has 0 saturated carbocycles. The van der Waals surface area contributed by atoms with Crippen LogP contribution in [-0.4, -0.2) is 0 Å². The van der Waals surface area contributed by atoms with Crippen LogP contribution in [0.1, 0.15) is 119 Å². The maximum atomic E-state index is 3.42. The monoisotopic (exact) mass is 306 g/mol. The Morgan fingerprint density at radius 1 is 0.500 bits per heavy atom. The lowest BCUT2D eigenvalue weighted by atomic mass is 9.75. The summed E-state index contributed by atoms with van der Waals surface area (Å²) in [6.07, 6.45) is 15.4. The highest BCUT2D eigenvalue weighted by molar-refractivity contribution is 4.99. The van der Waals surface area contributed by atoms with Gasteiger partial charge in [-0.2, -0.15) is 0 Å². The smallest absolute Gasteiger partial charge is 0.00888 e. The van der Waals surface area contributed by atoms with Crippen LogP contribution >= 0.6 is 0 Å². The first-order chi connectivity index (χ1) is 10.6. The Kier molecular flexibility index (Phi) is 11.8. The Labute approximate surface area is 141 Å². The zero-order chi connectivity index (χ0) is 16.9. The van der Waals surface area contributed by atoms with Crippen LogP contribution in [0.3, 0.4) is 0 Å². The first-order valence-corrected chi connectivity index (χ1v) is 10.0. The molecule has 0 aromatic carbocycles. The van der Waals surface area contributed by atoms with E-state index in [-0.39, 0.29) is 0 Å². The Morgan fingerprint density at radius 3 is 1.00 bits per heavy atom. The van der Waals surface area contributed by atoms with E-state index in [2.05, 4.69) is 53.4 Å². The minimum absolute atomic E-state index is 0.588. The van der Waals surface area contributed by atoms with Gasteiger partial charge in [-0.25, -0.2) is 0 Å². The molecular formula is C22H42. The van der Waals surface area contributed by atoms with Gasteiger partial charge in [-0.15, -0.1) is 11.8 Å². The molecule has 0 nitrogen and oxygen atoms in total. The first kappa shape index (κ1) is 21.6. The highest BCUT2D eigenvalue weighted by Crippen LogP contribution is 2.36. The highest BCUT2D eigenvalue weighted by Gasteiger charge is 2.23. The van der Waals surface area contributed by atoms with Gasteiger partial charge >= 0.3 is 0 Å². The molecule has 0 amide bonds. The van der Waals surface area contributed by atoms with Crippen LogP contribution in [0.5, 0.6) is 0 Å². The number of unbranched alkanes of at least 4 members (excludes halogenated alkanes) is 2. The van der Waals surface area contributed by atoms with Gasteiger partial charge < -0.3 is 0 Å². The van der Waals surface area contributed by atoms with Gasteiger partial charge in [0.25, 0.3) is 0 Å². The van der Waals surface area contributed by atoms with Crippen LogP contribution in [0.25, 0.3) is 0 Å². The van der Waals surface area contributed by atoms with Crippen LogP contribution < -0.4 is 0 Å². The van der Waals surface area contributed by atoms with Crippen LogP contribution in [-0.2, 0) is 0 Å². The fraction of sp³-hybridized carbons (Fsp3) is 0.909. The van der Waals surface area contributed by atoms with Gasteiger partial charge in [0.1, 0.15) is 0 Å². The van der Waals surface area contributed by atoms with Crippen molar-refractivity contribution < 1.29 is 0 Å². The second kappa shape index (κ2) is 12.0. The van der Waals surface area contributed by atoms with Crippen molar-refractivity contribution in [2.75, 3.05) is 0 Å². The van der Waals surface area contributed by atoms with Crippen molar-refractivity contribution in [2.45, 2.75) is 119 Å². The largest absolute Gasteiger partial charge is 0.103 e. The molecule has 0 atom stereocenters. The molecule has 0 aromatic rings. The maximum Gasteiger partial charge on any atom is 0.00888 e. The van der Waals surface area contributed by atoms with Crippen molar-refractivity contribution in [1.82, 2.24) is 0 Å². The second-order valence-corrected chi connectivity index (χ2v) is 7.18. The third-order valence-corrected chi connectivity index (χ3v) is 6.64. The van der Waals surface area contributed by atoms with Crippen molar-refractivity contribution in [1.29, 1.82) is 0 Å². The molecule has 0 aliphatic carbocycles. The fourth-order valence-corrected chi connectivity index (χ4v) is 3.84. The zero-order valence-corrected chi connectivity index (χ0v) is 16.5. The van der Waals surface area contributed by atoms with E-state index in [1.165, 1.54) is 64.2 Å². The van der Waals surface area contributed by atoms with Gasteiger partial charge in [-0.3, -0.25) is 0 Å². The molecule has 0 aromatic heterocycles. The highest BCUT2D eigenvalue weighted by atomic mass is 14.3. The number of hydrogen-bond donors (Lipinski definition) is 0. The Hall–Kier alpha value is -0.440. The van der Waals surface area contributed by atoms with Crippen LogP contribution in [0.2, 0.25) is 0 Å². The van der Waals surface area contributed by atoms with Gasteiger partial charge in [0.2, 0.25) is 0 Å². The predicted octanol–water partition coefficient (Wildman–Crippen LogP) is 7.76. The van der Waals surface area contributed by atoms with Gasteiger partial charge in [0.15, 0.2) is 0 Å². The fourth-order valence-electron chi connectivity index (χ4n) is 3.84. The Morgan fingerprint density at radius 2 is 0.773 bits per heavy atom. The molecule has 0 fully saturated rings. The third kappa shape index (κ3) is 7.21. The minimum Gasteiger partial charge on any atom is -0.103 e. The first-order valence-electron chi connectivity index (χ1n) is 10.0. The summed E-state index contributed by atoms with van der Waals surface area (Å²) in [5.41, 5.74) is 1.18. The molecule has 0 saturated heterocycles. The summed E-state index contributed by atoms with van der Waals surface area (Å²) in [6.45, 7) is 14.1. The summed E-state index contributed by atoms with van der Waals surface area (Å²) in [4.78, 5) is 0. The van der Waals surface area contributed by atoms with Crippen molar-refractivity contribution in [3.8, 4) is 11.8 Å². The molecule has 0 spiro atoms. The van der Waals surface area contributed by atoms with E-state index in [4.69, 9.17) is 0 Å². The molecule has 0 N–H and O–H groups in total. The number of hydrogen-bond acceptors (Lipinski definition) is 0. The van der Waals surface area contributed by atoms with Crippen LogP contribution in [0.4, 0.5) is 0 Å². The average Bonchev–Trinajstić information content (AvgIpc) is 2.58. The summed E-state index contributed by atoms with van der Waals surface area (Å²) >= 11 is 0. The molecule has 0 aliphatic rings. The van der Waals surface area contributed by atoms with E-state index in [9.17, 15) is 0 Å². The third-order valence-electron chi connectivity index (χ3n) is 6.64. The van der Waals surface area contributed by atoms with E-state index in [0.717, 1.165) is 12.8 Å². The van der Waals surface area contributed by atoms with Crippen molar-refractivity contribution in [3.63, 3.8) is 0 Å². The van der Waals surface area contributed by atoms with Gasteiger partial charge in [-0.05, 0) is 36.5 Å². The Bertz CT molecular complexity index is 260. The second-order valence-electron chi connectivity index (χ2n) is 7.18. The van der Waals surface area contributed by atoms with E-state index < -0.39 is 0 Å². The maximum absolute atomic E-state index is 3.42. The van der Waals surface area contributed by atoms with Crippen molar-refractivity contribution >= 4 is 0 Å². The average molecular weight is 307 g/mol. The molecule has 0 bridgehead atoms. The minimum atomic E-state index is 0.588. The normalized spacial score (nSPS) is 12.1. The molecule has 0 heteroatoms. The lowest BCUT2D eigenvalue weighted by Gasteiger charge is -2.30. The molecule has 0 radical (unpaired) electrons. The predicted molar refractivity (Wildman–Crippen MR) is 102 cm³/mol. The van der Waals surface area contributed by atoms with E-state index in [1.807, 2.05) is 0 Å². The SMILES string of the molecule is CCC(CC)(CC)CCCC#CCCCC(CC)(CC)CC. The van der Waals surface area contributed by atoms with Gasteiger partial charge in [0, 0.05) is 12.8 Å². The zero-order valence-electron chi connectivity index (χ0n) is 16.5. The summed E-state index contributed by atoms with van der Waals surface area (Å²) in [7, 11) is 0. The van der Waals surface area contributed by atoms with E-state index in [0.29, 0.717) is 10.8 Å². The standard InChI is InChI=1S/C22H42/c1-7-21(8-2,9-3)19-17-15-13-14-16-18-20-22(10-4,11-5)12-6/h7-12,15-20H2,1-6H3. The quantitative estimate of drug-likeness (QED) is 0.255. The summed E-state index contributed by atoms with van der Waals surface area (Å²) in [6, 6.07) is 0. The van der Waals surface area contributed by atoms with Crippen molar-refractivity contribution in [2.24, 2.45) is 10.8 Å². The molecular weight excluding hydrogens is 264 g/mol. The molecule has 22 heavy (non-hydrogen) atoms. The topological polar surface area (TPSA) is 0 Å². The molecule has 130 valence electrons. The lowest BCUT2D eigenvalue weighted by molar-refractivity contribution is 0.223. The van der Waals surface area contributed by atoms with E-state index in [1.54, 1.807) is 0 Å². The number of rotatable bonds is 12. The lowest BCUT2D eigenvalue weighted by Crippen LogP contribution is -2.17. The van der Waals surface area contributed by atoms with Crippen LogP contribution in [0, 0.1) is 22.7 Å². The molecule has 0 heterocycles. The Balaban J connectivity index is 3.95. The van der Waals surface area contributed by atoms with Gasteiger partial charge in [0.05, 0.1) is 0 Å². The van der Waals surface area contributed by atoms with Gasteiger partial charge in [-0.1, -0.05) is 80.1 Å². The van der Waals surface area contributed by atoms with Crippen LogP contribution in [0.15, 0.2) is 0 Å². The summed E-state index contributed by atoms with van der Waals surface area (Å²) in [5.74, 6) is 6.84. The van der Waals surface area contributed by atoms with Crippen molar-refractivity contribution in [3.05, 3.63) is 0 Å². The summed E-state index contributed by atoms with van der Waals surface area (Å²) in [5, 5.41) is 0. The molecule has 0 unspecified atom stereocenters. The van der Waals surface area contributed by atoms with E-state index >= 15 is 0 Å². The summed E-state index contributed by atoms with van der Waals surface area (Å²) < 4.78 is 0. The molecule has 0 aliphatic heterocycles.